The van der Waals surface area contributed by atoms with Crippen LogP contribution in [0.3, 0.4) is 0 Å². The van der Waals surface area contributed by atoms with Crippen molar-refractivity contribution < 1.29 is 14.7 Å². The quantitative estimate of drug-likeness (QED) is 0.756. The van der Waals surface area contributed by atoms with Gasteiger partial charge in [-0.05, 0) is 37.0 Å². The van der Waals surface area contributed by atoms with Gasteiger partial charge in [0.15, 0.2) is 0 Å². The Bertz CT molecular complexity index is 508. The van der Waals surface area contributed by atoms with E-state index in [0.29, 0.717) is 13.0 Å². The highest BCUT2D eigenvalue weighted by Gasteiger charge is 2.36. The molecule has 1 fully saturated rings. The third-order valence-electron chi connectivity index (χ3n) is 3.82. The van der Waals surface area contributed by atoms with E-state index in [-0.39, 0.29) is 11.5 Å². The number of rotatable bonds is 5. The third kappa shape index (κ3) is 3.36. The van der Waals surface area contributed by atoms with Gasteiger partial charge in [0.1, 0.15) is 0 Å². The lowest BCUT2D eigenvalue weighted by atomic mass is 9.98. The van der Waals surface area contributed by atoms with Crippen molar-refractivity contribution >= 4 is 11.9 Å². The molecule has 1 aromatic rings. The van der Waals surface area contributed by atoms with E-state index in [9.17, 15) is 9.59 Å². The molecule has 1 amide bonds. The summed E-state index contributed by atoms with van der Waals surface area (Å²) in [4.78, 5) is 22.9. The lowest BCUT2D eigenvalue weighted by Crippen LogP contribution is -2.52. The third-order valence-corrected chi connectivity index (χ3v) is 3.82. The Morgan fingerprint density at radius 2 is 2.00 bits per heavy atom. The van der Waals surface area contributed by atoms with Crippen molar-refractivity contribution in [3.8, 4) is 0 Å². The van der Waals surface area contributed by atoms with Crippen LogP contribution in [0.2, 0.25) is 0 Å². The van der Waals surface area contributed by atoms with Gasteiger partial charge in [-0.1, -0.05) is 25.0 Å². The van der Waals surface area contributed by atoms with E-state index >= 15 is 0 Å². The van der Waals surface area contributed by atoms with E-state index in [2.05, 4.69) is 5.32 Å². The van der Waals surface area contributed by atoms with Crippen LogP contribution in [0.25, 0.3) is 0 Å². The summed E-state index contributed by atoms with van der Waals surface area (Å²) in [7, 11) is 0. The van der Waals surface area contributed by atoms with Crippen LogP contribution in [-0.4, -0.2) is 29.1 Å². The molecule has 20 heavy (non-hydrogen) atoms. The van der Waals surface area contributed by atoms with Gasteiger partial charge in [0.25, 0.3) is 0 Å². The molecule has 1 aromatic carbocycles. The Hall–Kier alpha value is -1.88. The molecular formula is C15H20N2O3. The summed E-state index contributed by atoms with van der Waals surface area (Å²) < 4.78 is 0. The summed E-state index contributed by atoms with van der Waals surface area (Å²) in [5, 5.41) is 11.8. The molecule has 0 saturated heterocycles. The first-order valence-electron chi connectivity index (χ1n) is 6.91. The molecule has 1 aliphatic rings. The number of benzene rings is 1. The molecule has 0 aromatic heterocycles. The Labute approximate surface area is 118 Å². The first-order chi connectivity index (χ1) is 9.51. The summed E-state index contributed by atoms with van der Waals surface area (Å²) in [5.74, 6) is -1.04. The fourth-order valence-electron chi connectivity index (χ4n) is 2.59. The van der Waals surface area contributed by atoms with Gasteiger partial charge in [-0.3, -0.25) is 4.79 Å². The zero-order valence-corrected chi connectivity index (χ0v) is 11.4. The number of carboxylic acids is 1. The highest BCUT2D eigenvalue weighted by Crippen LogP contribution is 2.27. The first kappa shape index (κ1) is 14.5. The van der Waals surface area contributed by atoms with Crippen molar-refractivity contribution in [1.29, 1.82) is 0 Å². The highest BCUT2D eigenvalue weighted by atomic mass is 16.4. The van der Waals surface area contributed by atoms with Crippen LogP contribution in [-0.2, 0) is 11.2 Å². The maximum absolute atomic E-state index is 12.0. The second-order valence-electron chi connectivity index (χ2n) is 5.37. The molecule has 1 saturated carbocycles. The number of carbonyl (C=O) groups is 2. The lowest BCUT2D eigenvalue weighted by Gasteiger charge is -2.22. The maximum Gasteiger partial charge on any atom is 0.335 e. The zero-order chi connectivity index (χ0) is 14.6. The summed E-state index contributed by atoms with van der Waals surface area (Å²) in [6.45, 7) is 0.473. The normalized spacial score (nSPS) is 16.9. The number of aromatic carboxylic acids is 1. The van der Waals surface area contributed by atoms with Crippen LogP contribution in [0.4, 0.5) is 0 Å². The van der Waals surface area contributed by atoms with Gasteiger partial charge in [-0.15, -0.1) is 0 Å². The number of nitrogens with one attached hydrogen (secondary N) is 1. The Morgan fingerprint density at radius 3 is 2.65 bits per heavy atom. The number of hydrogen-bond donors (Lipinski definition) is 3. The number of carboxylic acid groups (broad SMARTS) is 1. The zero-order valence-electron chi connectivity index (χ0n) is 11.4. The second-order valence-corrected chi connectivity index (χ2v) is 5.37. The standard InChI is InChI=1S/C15H20N2O3/c16-15(7-1-2-8-15)14(20)17-9-6-11-4-3-5-12(10-11)13(18)19/h3-5,10H,1-2,6-9,16H2,(H,17,20)(H,18,19). The van der Waals surface area contributed by atoms with E-state index in [4.69, 9.17) is 10.8 Å². The molecule has 4 N–H and O–H groups in total. The van der Waals surface area contributed by atoms with Crippen molar-refractivity contribution in [2.45, 2.75) is 37.6 Å². The molecule has 0 spiro atoms. The van der Waals surface area contributed by atoms with Gasteiger partial charge < -0.3 is 16.2 Å². The number of nitrogens with two attached hydrogens (primary N) is 1. The van der Waals surface area contributed by atoms with Crippen molar-refractivity contribution in [2.24, 2.45) is 5.73 Å². The fraction of sp³-hybridized carbons (Fsp3) is 0.467. The topological polar surface area (TPSA) is 92.4 Å². The summed E-state index contributed by atoms with van der Waals surface area (Å²) >= 11 is 0. The van der Waals surface area contributed by atoms with Crippen LogP contribution in [0, 0.1) is 0 Å². The monoisotopic (exact) mass is 276 g/mol. The van der Waals surface area contributed by atoms with Gasteiger partial charge >= 0.3 is 5.97 Å². The van der Waals surface area contributed by atoms with Gasteiger partial charge in [-0.25, -0.2) is 4.79 Å². The molecule has 0 bridgehead atoms. The Kier molecular flexibility index (Phi) is 4.39. The maximum atomic E-state index is 12.0. The smallest absolute Gasteiger partial charge is 0.335 e. The molecular weight excluding hydrogens is 256 g/mol. The highest BCUT2D eigenvalue weighted by molar-refractivity contribution is 5.88. The van der Waals surface area contributed by atoms with Crippen molar-refractivity contribution in [3.63, 3.8) is 0 Å². The molecule has 0 heterocycles. The average Bonchev–Trinajstić information content (AvgIpc) is 2.87. The van der Waals surface area contributed by atoms with E-state index in [1.807, 2.05) is 6.07 Å². The molecule has 108 valence electrons. The molecule has 1 aliphatic carbocycles. The van der Waals surface area contributed by atoms with Gasteiger partial charge in [0.2, 0.25) is 5.91 Å². The summed E-state index contributed by atoms with van der Waals surface area (Å²) in [5.41, 5.74) is 6.51. The van der Waals surface area contributed by atoms with E-state index in [0.717, 1.165) is 31.2 Å². The van der Waals surface area contributed by atoms with Crippen LogP contribution in [0.5, 0.6) is 0 Å². The fourth-order valence-corrected chi connectivity index (χ4v) is 2.59. The van der Waals surface area contributed by atoms with Crippen LogP contribution >= 0.6 is 0 Å². The largest absolute Gasteiger partial charge is 0.478 e. The minimum Gasteiger partial charge on any atom is -0.478 e. The van der Waals surface area contributed by atoms with E-state index in [1.54, 1.807) is 18.2 Å². The molecule has 5 heteroatoms. The van der Waals surface area contributed by atoms with Gasteiger partial charge in [-0.2, -0.15) is 0 Å². The minimum absolute atomic E-state index is 0.0932. The minimum atomic E-state index is -0.942. The van der Waals surface area contributed by atoms with Crippen molar-refractivity contribution in [2.75, 3.05) is 6.54 Å². The molecule has 0 unspecified atom stereocenters. The molecule has 0 radical (unpaired) electrons. The number of carbonyl (C=O) groups excluding carboxylic acids is 1. The molecule has 0 aliphatic heterocycles. The number of hydrogen-bond acceptors (Lipinski definition) is 3. The molecule has 5 nitrogen and oxygen atoms in total. The molecule has 0 atom stereocenters. The van der Waals surface area contributed by atoms with Crippen LogP contribution in [0.15, 0.2) is 24.3 Å². The average molecular weight is 276 g/mol. The second kappa shape index (κ2) is 6.05. The summed E-state index contributed by atoms with van der Waals surface area (Å²) in [6, 6.07) is 6.74. The predicted molar refractivity (Wildman–Crippen MR) is 75.5 cm³/mol. The first-order valence-corrected chi connectivity index (χ1v) is 6.91. The number of amides is 1. The van der Waals surface area contributed by atoms with Crippen molar-refractivity contribution in [3.05, 3.63) is 35.4 Å². The van der Waals surface area contributed by atoms with Crippen LogP contribution < -0.4 is 11.1 Å². The van der Waals surface area contributed by atoms with Crippen molar-refractivity contribution in [1.82, 2.24) is 5.32 Å². The lowest BCUT2D eigenvalue weighted by molar-refractivity contribution is -0.126. The summed E-state index contributed by atoms with van der Waals surface area (Å²) in [6.07, 6.45) is 4.10. The van der Waals surface area contributed by atoms with Gasteiger partial charge in [0.05, 0.1) is 11.1 Å². The SMILES string of the molecule is NC1(C(=O)NCCc2cccc(C(=O)O)c2)CCCC1. The van der Waals surface area contributed by atoms with E-state index < -0.39 is 11.5 Å². The molecule has 2 rings (SSSR count). The van der Waals surface area contributed by atoms with Crippen LogP contribution in [0.1, 0.15) is 41.6 Å². The Balaban J connectivity index is 1.85. The Morgan fingerprint density at radius 1 is 1.30 bits per heavy atom. The predicted octanol–water partition coefficient (Wildman–Crippen LogP) is 1.31. The van der Waals surface area contributed by atoms with Gasteiger partial charge in [0, 0.05) is 6.54 Å². The van der Waals surface area contributed by atoms with E-state index in [1.165, 1.54) is 0 Å².